The van der Waals surface area contributed by atoms with E-state index in [0.29, 0.717) is 0 Å². The van der Waals surface area contributed by atoms with Crippen LogP contribution in [-0.4, -0.2) is 9.13 Å². The lowest BCUT2D eigenvalue weighted by atomic mass is 10.0. The van der Waals surface area contributed by atoms with Gasteiger partial charge in [0, 0.05) is 73.3 Å². The third-order valence-electron chi connectivity index (χ3n) is 10.9. The second kappa shape index (κ2) is 10.7. The maximum Gasteiger partial charge on any atom is 0.0562 e. The molecule has 0 aliphatic rings. The Hall–Kier alpha value is -6.20. The number of nitrogens with zero attached hydrogens (tertiary/aromatic N) is 2. The van der Waals surface area contributed by atoms with Gasteiger partial charge in [0.05, 0.1) is 22.1 Å². The lowest BCUT2D eigenvalue weighted by Gasteiger charge is -2.12. The van der Waals surface area contributed by atoms with Crippen molar-refractivity contribution in [2.45, 2.75) is 0 Å². The molecule has 0 saturated heterocycles. The van der Waals surface area contributed by atoms with E-state index in [4.69, 9.17) is 0 Å². The number of para-hydroxylation sites is 2. The normalized spacial score (nSPS) is 12.2. The molecular formula is C48H28N2S2. The number of hydrogen-bond donors (Lipinski definition) is 0. The fraction of sp³-hybridized carbons (Fsp3) is 0. The van der Waals surface area contributed by atoms with Crippen LogP contribution in [0.4, 0.5) is 0 Å². The second-order valence-corrected chi connectivity index (χ2v) is 15.8. The standard InChI is InChI=1S/C48H28N2S2/c1-5-16-40-33(12-1)34-13-2-6-17-41(34)49(40)32-21-22-38-43(28-32)50(42-24-23-37-35-14-3-8-19-45(35)52-48(37)47(38)42)31-11-9-10-29(26-31)30-20-25-46-39(27-30)36-15-4-7-18-44(36)51-46/h1-28H. The molecule has 8 aromatic carbocycles. The van der Waals surface area contributed by atoms with Crippen molar-refractivity contribution < 1.29 is 0 Å². The third kappa shape index (κ3) is 3.93. The Labute approximate surface area is 306 Å². The quantitative estimate of drug-likeness (QED) is 0.174. The first-order chi connectivity index (χ1) is 25.8. The number of rotatable bonds is 3. The molecule has 0 atom stereocenters. The average Bonchev–Trinajstić information content (AvgIpc) is 3.95. The van der Waals surface area contributed by atoms with Crippen molar-refractivity contribution in [3.05, 3.63) is 170 Å². The van der Waals surface area contributed by atoms with E-state index in [-0.39, 0.29) is 0 Å². The minimum atomic E-state index is 1.16. The molecule has 2 nitrogen and oxygen atoms in total. The molecule has 0 bridgehead atoms. The first kappa shape index (κ1) is 28.5. The molecule has 0 aliphatic heterocycles. The number of aromatic nitrogens is 2. The maximum absolute atomic E-state index is 2.49. The maximum atomic E-state index is 2.49. The number of benzene rings is 8. The van der Waals surface area contributed by atoms with Crippen LogP contribution in [0.25, 0.3) is 106 Å². The monoisotopic (exact) mass is 696 g/mol. The van der Waals surface area contributed by atoms with E-state index in [1.807, 2.05) is 22.7 Å². The van der Waals surface area contributed by atoms with Crippen LogP contribution < -0.4 is 0 Å². The SMILES string of the molecule is c1cc(-c2ccc3sc4ccccc4c3c2)cc(-n2c3cc(-n4c5ccccc5c5ccccc54)ccc3c3c4sc5ccccc5c4ccc32)c1. The summed E-state index contributed by atoms with van der Waals surface area (Å²) in [6, 6.07) is 62.9. The van der Waals surface area contributed by atoms with Gasteiger partial charge in [-0.3, -0.25) is 0 Å². The minimum absolute atomic E-state index is 1.16. The molecule has 4 heteroatoms. The highest BCUT2D eigenvalue weighted by Gasteiger charge is 2.20. The highest BCUT2D eigenvalue weighted by atomic mass is 32.1. The van der Waals surface area contributed by atoms with Crippen LogP contribution in [-0.2, 0) is 0 Å². The van der Waals surface area contributed by atoms with E-state index in [1.54, 1.807) is 0 Å². The van der Waals surface area contributed by atoms with Crippen LogP contribution in [0.1, 0.15) is 0 Å². The highest BCUT2D eigenvalue weighted by Crippen LogP contribution is 2.45. The molecular weight excluding hydrogens is 669 g/mol. The zero-order chi connectivity index (χ0) is 33.9. The molecule has 242 valence electrons. The van der Waals surface area contributed by atoms with Crippen molar-refractivity contribution in [3.63, 3.8) is 0 Å². The zero-order valence-electron chi connectivity index (χ0n) is 27.9. The molecule has 12 rings (SSSR count). The molecule has 0 unspecified atom stereocenters. The first-order valence-corrected chi connectivity index (χ1v) is 19.3. The largest absolute Gasteiger partial charge is 0.309 e. The van der Waals surface area contributed by atoms with Crippen molar-refractivity contribution in [3.8, 4) is 22.5 Å². The Morgan fingerprint density at radius 2 is 0.904 bits per heavy atom. The molecule has 12 aromatic rings. The van der Waals surface area contributed by atoms with Crippen LogP contribution >= 0.6 is 22.7 Å². The Bertz CT molecular complexity index is 3370. The smallest absolute Gasteiger partial charge is 0.0562 e. The Kier molecular flexibility index (Phi) is 5.84. The van der Waals surface area contributed by atoms with Crippen LogP contribution in [0.3, 0.4) is 0 Å². The predicted molar refractivity (Wildman–Crippen MR) is 226 cm³/mol. The molecule has 0 radical (unpaired) electrons. The summed E-state index contributed by atoms with van der Waals surface area (Å²) in [6.45, 7) is 0. The number of fused-ring (bicyclic) bond motifs is 13. The van der Waals surface area contributed by atoms with Crippen molar-refractivity contribution in [2.24, 2.45) is 0 Å². The van der Waals surface area contributed by atoms with E-state index in [0.717, 1.165) is 11.4 Å². The van der Waals surface area contributed by atoms with Gasteiger partial charge < -0.3 is 9.13 Å². The van der Waals surface area contributed by atoms with Crippen LogP contribution in [0, 0.1) is 0 Å². The van der Waals surface area contributed by atoms with Crippen LogP contribution in [0.2, 0.25) is 0 Å². The van der Waals surface area contributed by atoms with Gasteiger partial charge in [-0.05, 0) is 77.9 Å². The fourth-order valence-corrected chi connectivity index (χ4v) is 11.0. The van der Waals surface area contributed by atoms with Crippen LogP contribution in [0.5, 0.6) is 0 Å². The van der Waals surface area contributed by atoms with E-state index in [1.165, 1.54) is 95.1 Å². The molecule has 0 amide bonds. The van der Waals surface area contributed by atoms with Gasteiger partial charge in [-0.1, -0.05) is 103 Å². The first-order valence-electron chi connectivity index (χ1n) is 17.7. The highest BCUT2D eigenvalue weighted by molar-refractivity contribution is 7.27. The summed E-state index contributed by atoms with van der Waals surface area (Å²) in [5, 5.41) is 10.4. The van der Waals surface area contributed by atoms with Gasteiger partial charge in [-0.2, -0.15) is 0 Å². The van der Waals surface area contributed by atoms with E-state index in [2.05, 4.69) is 179 Å². The van der Waals surface area contributed by atoms with Gasteiger partial charge >= 0.3 is 0 Å². The van der Waals surface area contributed by atoms with Gasteiger partial charge in [0.1, 0.15) is 0 Å². The summed E-state index contributed by atoms with van der Waals surface area (Å²) in [4.78, 5) is 0. The van der Waals surface area contributed by atoms with Crippen molar-refractivity contribution in [2.75, 3.05) is 0 Å². The molecule has 4 aromatic heterocycles. The van der Waals surface area contributed by atoms with Gasteiger partial charge in [0.25, 0.3) is 0 Å². The zero-order valence-corrected chi connectivity index (χ0v) is 29.5. The Morgan fingerprint density at radius 1 is 0.308 bits per heavy atom. The van der Waals surface area contributed by atoms with Gasteiger partial charge in [0.15, 0.2) is 0 Å². The number of hydrogen-bond acceptors (Lipinski definition) is 2. The lowest BCUT2D eigenvalue weighted by Crippen LogP contribution is -1.97. The molecule has 0 fully saturated rings. The van der Waals surface area contributed by atoms with E-state index in [9.17, 15) is 0 Å². The third-order valence-corrected chi connectivity index (χ3v) is 13.3. The summed E-state index contributed by atoms with van der Waals surface area (Å²) in [5.74, 6) is 0. The second-order valence-electron chi connectivity index (χ2n) is 13.7. The average molecular weight is 697 g/mol. The summed E-state index contributed by atoms with van der Waals surface area (Å²) in [7, 11) is 0. The molecule has 0 N–H and O–H groups in total. The minimum Gasteiger partial charge on any atom is -0.309 e. The van der Waals surface area contributed by atoms with Crippen molar-refractivity contribution in [1.82, 2.24) is 9.13 Å². The molecule has 0 aliphatic carbocycles. The predicted octanol–water partition coefficient (Wildman–Crippen LogP) is 14.3. The lowest BCUT2D eigenvalue weighted by molar-refractivity contribution is 1.16. The summed E-state index contributed by atoms with van der Waals surface area (Å²) < 4.78 is 10.3. The molecule has 4 heterocycles. The molecule has 0 spiro atoms. The van der Waals surface area contributed by atoms with Gasteiger partial charge in [0.2, 0.25) is 0 Å². The fourth-order valence-electron chi connectivity index (χ4n) is 8.62. The topological polar surface area (TPSA) is 9.86 Å². The summed E-state index contributed by atoms with van der Waals surface area (Å²) in [6.07, 6.45) is 0. The van der Waals surface area contributed by atoms with Crippen LogP contribution in [0.15, 0.2) is 170 Å². The van der Waals surface area contributed by atoms with E-state index < -0.39 is 0 Å². The van der Waals surface area contributed by atoms with E-state index >= 15 is 0 Å². The number of thiophene rings is 2. The van der Waals surface area contributed by atoms with Crippen molar-refractivity contribution >= 4 is 107 Å². The van der Waals surface area contributed by atoms with Crippen molar-refractivity contribution in [1.29, 1.82) is 0 Å². The summed E-state index contributed by atoms with van der Waals surface area (Å²) >= 11 is 3.77. The van der Waals surface area contributed by atoms with Gasteiger partial charge in [-0.25, -0.2) is 0 Å². The summed E-state index contributed by atoms with van der Waals surface area (Å²) in [5.41, 5.74) is 9.63. The van der Waals surface area contributed by atoms with Gasteiger partial charge in [-0.15, -0.1) is 22.7 Å². The Balaban J connectivity index is 1.15. The molecule has 0 saturated carbocycles. The molecule has 52 heavy (non-hydrogen) atoms. The Morgan fingerprint density at radius 3 is 1.69 bits per heavy atom.